The van der Waals surface area contributed by atoms with E-state index in [1.807, 2.05) is 0 Å². The zero-order chi connectivity index (χ0) is 13.8. The van der Waals surface area contributed by atoms with E-state index in [2.05, 4.69) is 76.4 Å². The molecule has 1 nitrogen and oxygen atoms in total. The van der Waals surface area contributed by atoms with Crippen molar-refractivity contribution in [2.75, 3.05) is 23.7 Å². The molecule has 102 valence electrons. The summed E-state index contributed by atoms with van der Waals surface area (Å²) in [4.78, 5) is 2.47. The molecule has 1 aromatic carbocycles. The monoisotopic (exact) mass is 265 g/mol. The highest BCUT2D eigenvalue weighted by Crippen LogP contribution is 2.30. The molecule has 0 bridgehead atoms. The maximum absolute atomic E-state index is 4.53. The average Bonchev–Trinajstić information content (AvgIpc) is 2.30. The first-order valence-corrected chi connectivity index (χ1v) is 7.44. The molecule has 1 unspecified atom stereocenters. The Bertz CT molecular complexity index is 368. The van der Waals surface area contributed by atoms with Crippen molar-refractivity contribution in [3.8, 4) is 0 Å². The molecule has 0 spiro atoms. The molecule has 18 heavy (non-hydrogen) atoms. The van der Waals surface area contributed by atoms with Crippen molar-refractivity contribution in [3.05, 3.63) is 29.8 Å². The highest BCUT2D eigenvalue weighted by molar-refractivity contribution is 7.80. The molecule has 0 radical (unpaired) electrons. The first-order valence-electron chi connectivity index (χ1n) is 6.81. The molecule has 0 N–H and O–H groups in total. The van der Waals surface area contributed by atoms with Crippen molar-refractivity contribution in [2.24, 2.45) is 11.3 Å². The number of hydrogen-bond donors (Lipinski definition) is 1. The molecule has 0 fully saturated rings. The van der Waals surface area contributed by atoms with Crippen LogP contribution in [-0.4, -0.2) is 18.8 Å². The van der Waals surface area contributed by atoms with Crippen LogP contribution >= 0.6 is 12.6 Å². The summed E-state index contributed by atoms with van der Waals surface area (Å²) in [5.74, 6) is 1.53. The summed E-state index contributed by atoms with van der Waals surface area (Å²) in [7, 11) is 0. The fraction of sp³-hybridized carbons (Fsp3) is 0.625. The second-order valence-corrected chi connectivity index (χ2v) is 6.44. The van der Waals surface area contributed by atoms with E-state index in [0.717, 1.165) is 18.8 Å². The Morgan fingerprint density at radius 3 is 2.28 bits per heavy atom. The highest BCUT2D eigenvalue weighted by atomic mass is 32.1. The van der Waals surface area contributed by atoms with Gasteiger partial charge in [-0.25, -0.2) is 0 Å². The van der Waals surface area contributed by atoms with E-state index < -0.39 is 0 Å². The molecule has 0 aromatic heterocycles. The minimum Gasteiger partial charge on any atom is -0.371 e. The Morgan fingerprint density at radius 1 is 1.22 bits per heavy atom. The standard InChI is InChI=1S/C16H27NS/c1-6-17(11-14(12-18)16(3,4)5)15-10-8-7-9-13(15)2/h7-10,14,18H,6,11-12H2,1-5H3. The Labute approximate surface area is 118 Å². The quantitative estimate of drug-likeness (QED) is 0.772. The second-order valence-electron chi connectivity index (χ2n) is 6.07. The van der Waals surface area contributed by atoms with Gasteiger partial charge in [-0.05, 0) is 42.6 Å². The molecule has 0 aliphatic heterocycles. The van der Waals surface area contributed by atoms with Crippen molar-refractivity contribution in [1.82, 2.24) is 0 Å². The van der Waals surface area contributed by atoms with Crippen molar-refractivity contribution < 1.29 is 0 Å². The summed E-state index contributed by atoms with van der Waals surface area (Å²) in [6, 6.07) is 8.63. The van der Waals surface area contributed by atoms with Gasteiger partial charge in [0.25, 0.3) is 0 Å². The highest BCUT2D eigenvalue weighted by Gasteiger charge is 2.25. The Kier molecular flexibility index (Phi) is 5.58. The van der Waals surface area contributed by atoms with Gasteiger partial charge >= 0.3 is 0 Å². The van der Waals surface area contributed by atoms with E-state index in [1.54, 1.807) is 0 Å². The van der Waals surface area contributed by atoms with E-state index in [9.17, 15) is 0 Å². The minimum absolute atomic E-state index is 0.303. The number of aryl methyl sites for hydroxylation is 1. The maximum atomic E-state index is 4.53. The molecule has 1 aromatic rings. The lowest BCUT2D eigenvalue weighted by molar-refractivity contribution is 0.270. The number of thiol groups is 1. The smallest absolute Gasteiger partial charge is 0.0395 e. The summed E-state index contributed by atoms with van der Waals surface area (Å²) in [5, 5.41) is 0. The lowest BCUT2D eigenvalue weighted by Gasteiger charge is -2.35. The lowest BCUT2D eigenvalue weighted by Crippen LogP contribution is -2.36. The maximum Gasteiger partial charge on any atom is 0.0395 e. The van der Waals surface area contributed by atoms with Gasteiger partial charge < -0.3 is 4.90 Å². The molecule has 0 saturated carbocycles. The predicted molar refractivity (Wildman–Crippen MR) is 85.9 cm³/mol. The van der Waals surface area contributed by atoms with Crippen LogP contribution in [0.15, 0.2) is 24.3 Å². The molecule has 0 aliphatic carbocycles. The topological polar surface area (TPSA) is 3.24 Å². The number of hydrogen-bond acceptors (Lipinski definition) is 2. The van der Waals surface area contributed by atoms with Crippen LogP contribution in [0.2, 0.25) is 0 Å². The van der Waals surface area contributed by atoms with Crippen LogP contribution in [0.1, 0.15) is 33.3 Å². The summed E-state index contributed by atoms with van der Waals surface area (Å²) in [6.07, 6.45) is 0. The van der Waals surface area contributed by atoms with E-state index >= 15 is 0 Å². The number of rotatable bonds is 5. The number of para-hydroxylation sites is 1. The summed E-state index contributed by atoms with van der Waals surface area (Å²) in [5.41, 5.74) is 3.01. The van der Waals surface area contributed by atoms with Gasteiger partial charge in [0.2, 0.25) is 0 Å². The zero-order valence-corrected chi connectivity index (χ0v) is 13.3. The third-order valence-electron chi connectivity index (χ3n) is 3.72. The predicted octanol–water partition coefficient (Wildman–Crippen LogP) is 4.41. The van der Waals surface area contributed by atoms with Gasteiger partial charge in [-0.3, -0.25) is 0 Å². The van der Waals surface area contributed by atoms with Crippen LogP contribution in [0.25, 0.3) is 0 Å². The van der Waals surface area contributed by atoms with Crippen molar-refractivity contribution >= 4 is 18.3 Å². The summed E-state index contributed by atoms with van der Waals surface area (Å²) in [6.45, 7) is 13.5. The molecule has 0 amide bonds. The normalized spacial score (nSPS) is 13.4. The molecule has 1 atom stereocenters. The van der Waals surface area contributed by atoms with Crippen LogP contribution < -0.4 is 4.90 Å². The van der Waals surface area contributed by atoms with E-state index in [4.69, 9.17) is 0 Å². The molecule has 2 heteroatoms. The van der Waals surface area contributed by atoms with Crippen LogP contribution in [-0.2, 0) is 0 Å². The van der Waals surface area contributed by atoms with Crippen molar-refractivity contribution in [1.29, 1.82) is 0 Å². The molecule has 1 rings (SSSR count). The van der Waals surface area contributed by atoms with E-state index in [0.29, 0.717) is 11.3 Å². The Balaban J connectivity index is 2.88. The molecular formula is C16H27NS. The molecule has 0 heterocycles. The van der Waals surface area contributed by atoms with Crippen molar-refractivity contribution in [3.63, 3.8) is 0 Å². The SMILES string of the molecule is CCN(CC(CS)C(C)(C)C)c1ccccc1C. The van der Waals surface area contributed by atoms with Gasteiger partial charge in [0.1, 0.15) is 0 Å². The summed E-state index contributed by atoms with van der Waals surface area (Å²) < 4.78 is 0. The van der Waals surface area contributed by atoms with Gasteiger partial charge in [-0.2, -0.15) is 12.6 Å². The fourth-order valence-electron chi connectivity index (χ4n) is 2.19. The minimum atomic E-state index is 0.303. The fourth-order valence-corrected chi connectivity index (χ4v) is 2.85. The molecule has 0 aliphatic rings. The third kappa shape index (κ3) is 3.94. The zero-order valence-electron chi connectivity index (χ0n) is 12.4. The van der Waals surface area contributed by atoms with Crippen LogP contribution in [0.3, 0.4) is 0 Å². The van der Waals surface area contributed by atoms with Crippen LogP contribution in [0.4, 0.5) is 5.69 Å². The Morgan fingerprint density at radius 2 is 1.83 bits per heavy atom. The molecular weight excluding hydrogens is 238 g/mol. The van der Waals surface area contributed by atoms with Gasteiger partial charge in [-0.15, -0.1) is 0 Å². The first kappa shape index (κ1) is 15.4. The molecule has 0 saturated heterocycles. The van der Waals surface area contributed by atoms with Gasteiger partial charge in [0.15, 0.2) is 0 Å². The van der Waals surface area contributed by atoms with Crippen LogP contribution in [0.5, 0.6) is 0 Å². The lowest BCUT2D eigenvalue weighted by atomic mass is 9.81. The van der Waals surface area contributed by atoms with Crippen LogP contribution in [0, 0.1) is 18.3 Å². The summed E-state index contributed by atoms with van der Waals surface area (Å²) >= 11 is 4.53. The van der Waals surface area contributed by atoms with E-state index in [-0.39, 0.29) is 0 Å². The Hall–Kier alpha value is -0.630. The van der Waals surface area contributed by atoms with Crippen molar-refractivity contribution in [2.45, 2.75) is 34.6 Å². The number of anilines is 1. The number of nitrogens with zero attached hydrogens (tertiary/aromatic N) is 1. The largest absolute Gasteiger partial charge is 0.371 e. The van der Waals surface area contributed by atoms with Gasteiger partial charge in [0.05, 0.1) is 0 Å². The third-order valence-corrected chi connectivity index (χ3v) is 4.16. The van der Waals surface area contributed by atoms with Gasteiger partial charge in [0, 0.05) is 18.8 Å². The first-order chi connectivity index (χ1) is 8.40. The second kappa shape index (κ2) is 6.51. The number of benzene rings is 1. The van der Waals surface area contributed by atoms with E-state index in [1.165, 1.54) is 11.3 Å². The average molecular weight is 265 g/mol. The van der Waals surface area contributed by atoms with Gasteiger partial charge in [-0.1, -0.05) is 39.0 Å².